The van der Waals surface area contributed by atoms with Crippen LogP contribution in [0.4, 0.5) is 0 Å². The minimum absolute atomic E-state index is 0.229. The van der Waals surface area contributed by atoms with Crippen molar-refractivity contribution in [3.8, 4) is 0 Å². The van der Waals surface area contributed by atoms with Crippen LogP contribution < -0.4 is 5.56 Å². The van der Waals surface area contributed by atoms with Gasteiger partial charge in [-0.05, 0) is 26.0 Å². The van der Waals surface area contributed by atoms with E-state index in [1.165, 1.54) is 0 Å². The Bertz CT molecular complexity index is 690. The fourth-order valence-corrected chi connectivity index (χ4v) is 3.33. The summed E-state index contributed by atoms with van der Waals surface area (Å²) in [5, 5.41) is 8.12. The molecule has 2 rings (SSSR count). The molecule has 2 aromatic rings. The summed E-state index contributed by atoms with van der Waals surface area (Å²) in [6.45, 7) is 3.88. The van der Waals surface area contributed by atoms with Crippen molar-refractivity contribution in [2.24, 2.45) is 0 Å². The standard InChI is InChI=1S/C12H16N3O4P/c1-3-18-20(17,19-4-2)9-15-12(16)10-7-5-6-8-11(10)13-14-15/h5-8H,3-4,9H2,1-2H3. The lowest BCUT2D eigenvalue weighted by molar-refractivity contribution is 0.212. The number of hydrogen-bond acceptors (Lipinski definition) is 6. The Kier molecular flexibility index (Phi) is 4.65. The lowest BCUT2D eigenvalue weighted by atomic mass is 10.2. The van der Waals surface area contributed by atoms with Gasteiger partial charge in [0.1, 0.15) is 11.8 Å². The summed E-state index contributed by atoms with van der Waals surface area (Å²) in [6, 6.07) is 6.85. The van der Waals surface area contributed by atoms with E-state index in [9.17, 15) is 9.36 Å². The van der Waals surface area contributed by atoms with E-state index in [0.29, 0.717) is 10.9 Å². The van der Waals surface area contributed by atoms with Gasteiger partial charge in [0.15, 0.2) is 0 Å². The van der Waals surface area contributed by atoms with Crippen LogP contribution in [-0.2, 0) is 19.9 Å². The Labute approximate surface area is 116 Å². The molecule has 0 spiro atoms. The maximum absolute atomic E-state index is 12.4. The number of hydrogen-bond donors (Lipinski definition) is 0. The Morgan fingerprint density at radius 3 is 2.50 bits per heavy atom. The molecule has 7 nitrogen and oxygen atoms in total. The van der Waals surface area contributed by atoms with Crippen molar-refractivity contribution >= 4 is 18.5 Å². The van der Waals surface area contributed by atoms with Crippen LogP contribution in [0.25, 0.3) is 10.9 Å². The van der Waals surface area contributed by atoms with Gasteiger partial charge in [0.2, 0.25) is 0 Å². The highest BCUT2D eigenvalue weighted by Gasteiger charge is 2.26. The minimum atomic E-state index is -3.39. The zero-order chi connectivity index (χ0) is 14.6. The minimum Gasteiger partial charge on any atom is -0.308 e. The Morgan fingerprint density at radius 1 is 1.20 bits per heavy atom. The number of nitrogens with zero attached hydrogens (tertiary/aromatic N) is 3. The fourth-order valence-electron chi connectivity index (χ4n) is 1.79. The monoisotopic (exact) mass is 297 g/mol. The van der Waals surface area contributed by atoms with E-state index >= 15 is 0 Å². The van der Waals surface area contributed by atoms with Crippen molar-refractivity contribution in [3.05, 3.63) is 34.6 Å². The molecule has 0 N–H and O–H groups in total. The summed E-state index contributed by atoms with van der Waals surface area (Å²) in [5.74, 6) is 0. The fraction of sp³-hybridized carbons (Fsp3) is 0.417. The maximum atomic E-state index is 12.4. The topological polar surface area (TPSA) is 83.3 Å². The molecule has 20 heavy (non-hydrogen) atoms. The molecule has 0 saturated carbocycles. The van der Waals surface area contributed by atoms with E-state index < -0.39 is 7.60 Å². The molecule has 0 aliphatic carbocycles. The molecule has 108 valence electrons. The van der Waals surface area contributed by atoms with E-state index in [2.05, 4.69) is 10.3 Å². The third-order valence-electron chi connectivity index (χ3n) is 2.59. The highest BCUT2D eigenvalue weighted by Crippen LogP contribution is 2.49. The second-order valence-corrected chi connectivity index (χ2v) is 6.02. The molecule has 0 unspecified atom stereocenters. The van der Waals surface area contributed by atoms with Crippen molar-refractivity contribution in [3.63, 3.8) is 0 Å². The summed E-state index contributed by atoms with van der Waals surface area (Å²) in [7, 11) is -3.39. The van der Waals surface area contributed by atoms with Crippen molar-refractivity contribution in [1.82, 2.24) is 15.0 Å². The van der Waals surface area contributed by atoms with Crippen LogP contribution in [0, 0.1) is 0 Å². The van der Waals surface area contributed by atoms with Crippen LogP contribution in [0.2, 0.25) is 0 Å². The van der Waals surface area contributed by atoms with Crippen LogP contribution in [0.3, 0.4) is 0 Å². The summed E-state index contributed by atoms with van der Waals surface area (Å²) in [4.78, 5) is 12.2. The SMILES string of the molecule is CCOP(=O)(Cn1nnc2ccccc2c1=O)OCC. The van der Waals surface area contributed by atoms with Gasteiger partial charge in [-0.1, -0.05) is 17.3 Å². The molecule has 8 heteroatoms. The van der Waals surface area contributed by atoms with Crippen LogP contribution in [0.5, 0.6) is 0 Å². The molecule has 0 aliphatic heterocycles. The second kappa shape index (κ2) is 6.26. The first kappa shape index (κ1) is 14.8. The van der Waals surface area contributed by atoms with Gasteiger partial charge in [0, 0.05) is 0 Å². The highest BCUT2D eigenvalue weighted by molar-refractivity contribution is 7.52. The normalized spacial score (nSPS) is 11.9. The highest BCUT2D eigenvalue weighted by atomic mass is 31.2. The first-order chi connectivity index (χ1) is 9.59. The molecule has 0 fully saturated rings. The maximum Gasteiger partial charge on any atom is 0.352 e. The van der Waals surface area contributed by atoms with Gasteiger partial charge in [0.05, 0.1) is 18.6 Å². The van der Waals surface area contributed by atoms with E-state index in [-0.39, 0.29) is 25.1 Å². The molecule has 0 saturated heterocycles. The van der Waals surface area contributed by atoms with Crippen LogP contribution in [-0.4, -0.2) is 28.2 Å². The molecule has 0 radical (unpaired) electrons. The number of benzene rings is 1. The van der Waals surface area contributed by atoms with Gasteiger partial charge in [-0.3, -0.25) is 9.36 Å². The van der Waals surface area contributed by atoms with Crippen molar-refractivity contribution < 1.29 is 13.6 Å². The van der Waals surface area contributed by atoms with Gasteiger partial charge in [0.25, 0.3) is 5.56 Å². The summed E-state index contributed by atoms with van der Waals surface area (Å²) in [5.41, 5.74) is 0.131. The van der Waals surface area contributed by atoms with Crippen molar-refractivity contribution in [2.45, 2.75) is 20.1 Å². The lowest BCUT2D eigenvalue weighted by Gasteiger charge is -2.16. The van der Waals surface area contributed by atoms with Crippen LogP contribution in [0.1, 0.15) is 13.8 Å². The Balaban J connectivity index is 2.40. The van der Waals surface area contributed by atoms with Crippen molar-refractivity contribution in [1.29, 1.82) is 0 Å². The van der Waals surface area contributed by atoms with E-state index in [1.54, 1.807) is 38.1 Å². The van der Waals surface area contributed by atoms with Crippen LogP contribution >= 0.6 is 7.60 Å². The second-order valence-electron chi connectivity index (χ2n) is 4.00. The van der Waals surface area contributed by atoms with E-state index in [0.717, 1.165) is 4.68 Å². The Hall–Kier alpha value is -1.56. The number of aromatic nitrogens is 3. The van der Waals surface area contributed by atoms with Gasteiger partial charge in [-0.15, -0.1) is 5.10 Å². The predicted octanol–water partition coefficient (Wildman–Crippen LogP) is 2.02. The molecule has 0 atom stereocenters. The number of rotatable bonds is 6. The van der Waals surface area contributed by atoms with E-state index in [1.807, 2.05) is 0 Å². The molecule has 0 bridgehead atoms. The van der Waals surface area contributed by atoms with Gasteiger partial charge >= 0.3 is 7.60 Å². The third kappa shape index (κ3) is 3.12. The van der Waals surface area contributed by atoms with E-state index in [4.69, 9.17) is 9.05 Å². The molecule has 1 heterocycles. The molecule has 1 aromatic heterocycles. The lowest BCUT2D eigenvalue weighted by Crippen LogP contribution is -2.25. The van der Waals surface area contributed by atoms with Gasteiger partial charge in [-0.25, -0.2) is 0 Å². The molecule has 1 aromatic carbocycles. The smallest absolute Gasteiger partial charge is 0.308 e. The first-order valence-corrected chi connectivity index (χ1v) is 8.03. The predicted molar refractivity (Wildman–Crippen MR) is 74.7 cm³/mol. The first-order valence-electron chi connectivity index (χ1n) is 6.30. The molecule has 0 amide bonds. The van der Waals surface area contributed by atoms with Crippen LogP contribution in [0.15, 0.2) is 29.1 Å². The zero-order valence-corrected chi connectivity index (χ0v) is 12.2. The van der Waals surface area contributed by atoms with Gasteiger partial charge in [-0.2, -0.15) is 4.68 Å². The average Bonchev–Trinajstić information content (AvgIpc) is 2.43. The Morgan fingerprint density at radius 2 is 1.85 bits per heavy atom. The van der Waals surface area contributed by atoms with Crippen molar-refractivity contribution in [2.75, 3.05) is 13.2 Å². The zero-order valence-electron chi connectivity index (χ0n) is 11.4. The summed E-state index contributed by atoms with van der Waals surface area (Å²) in [6.07, 6.45) is -0.245. The quantitative estimate of drug-likeness (QED) is 0.758. The summed E-state index contributed by atoms with van der Waals surface area (Å²) >= 11 is 0. The summed E-state index contributed by atoms with van der Waals surface area (Å²) < 4.78 is 23.7. The molecular formula is C12H16N3O4P. The molecule has 0 aliphatic rings. The third-order valence-corrected chi connectivity index (χ3v) is 4.51. The largest absolute Gasteiger partial charge is 0.352 e. The van der Waals surface area contributed by atoms with Gasteiger partial charge < -0.3 is 9.05 Å². The number of fused-ring (bicyclic) bond motifs is 1. The average molecular weight is 297 g/mol. The molecular weight excluding hydrogens is 281 g/mol.